The van der Waals surface area contributed by atoms with Gasteiger partial charge in [-0.25, -0.2) is 9.78 Å². The molecule has 1 atom stereocenters. The van der Waals surface area contributed by atoms with Crippen molar-refractivity contribution in [1.29, 1.82) is 0 Å². The number of rotatable bonds is 4. The summed E-state index contributed by atoms with van der Waals surface area (Å²) in [6.45, 7) is 3.27. The molecule has 2 saturated heterocycles. The van der Waals surface area contributed by atoms with Crippen LogP contribution in [0.5, 0.6) is 5.75 Å². The summed E-state index contributed by atoms with van der Waals surface area (Å²) in [7, 11) is 1.67. The molecule has 0 radical (unpaired) electrons. The highest BCUT2D eigenvalue weighted by atomic mass is 16.6. The first kappa shape index (κ1) is 16.9. The number of carbonyl (C=O) groups excluding carboxylic acids is 1. The Morgan fingerprint density at radius 1 is 1.27 bits per heavy atom. The van der Waals surface area contributed by atoms with Crippen molar-refractivity contribution in [1.82, 2.24) is 19.8 Å². The number of alkyl carbamates (subject to hydrolysis) is 1. The summed E-state index contributed by atoms with van der Waals surface area (Å²) in [4.78, 5) is 18.4. The number of imidazole rings is 1. The van der Waals surface area contributed by atoms with Crippen LogP contribution in [0, 0.1) is 0 Å². The van der Waals surface area contributed by atoms with Crippen LogP contribution in [0.1, 0.15) is 25.1 Å². The minimum absolute atomic E-state index is 0.284. The Hall–Kier alpha value is -2.54. The molecule has 1 aromatic heterocycles. The van der Waals surface area contributed by atoms with Crippen molar-refractivity contribution in [3.05, 3.63) is 42.5 Å². The van der Waals surface area contributed by atoms with Gasteiger partial charge in [-0.3, -0.25) is 4.90 Å². The quantitative estimate of drug-likeness (QED) is 0.911. The van der Waals surface area contributed by atoms with Gasteiger partial charge in [-0.1, -0.05) is 0 Å². The molecule has 2 aliphatic rings. The van der Waals surface area contributed by atoms with E-state index in [4.69, 9.17) is 9.47 Å². The second-order valence-corrected chi connectivity index (χ2v) is 6.97. The molecule has 7 nitrogen and oxygen atoms in total. The van der Waals surface area contributed by atoms with Gasteiger partial charge < -0.3 is 19.4 Å². The summed E-state index contributed by atoms with van der Waals surface area (Å²) in [5.74, 6) is 1.85. The van der Waals surface area contributed by atoms with Gasteiger partial charge >= 0.3 is 6.09 Å². The highest BCUT2D eigenvalue weighted by Gasteiger charge is 2.41. The molecule has 0 aliphatic carbocycles. The van der Waals surface area contributed by atoms with Crippen molar-refractivity contribution in [2.75, 3.05) is 26.7 Å². The first-order chi connectivity index (χ1) is 12.7. The van der Waals surface area contributed by atoms with Crippen molar-refractivity contribution in [3.63, 3.8) is 0 Å². The Labute approximate surface area is 152 Å². The van der Waals surface area contributed by atoms with Crippen molar-refractivity contribution < 1.29 is 14.3 Å². The molecule has 0 saturated carbocycles. The number of amides is 1. The highest BCUT2D eigenvalue weighted by Crippen LogP contribution is 2.29. The van der Waals surface area contributed by atoms with Crippen LogP contribution in [0.25, 0.3) is 5.69 Å². The summed E-state index contributed by atoms with van der Waals surface area (Å²) in [6, 6.07) is 7.97. The first-order valence-corrected chi connectivity index (χ1v) is 9.03. The van der Waals surface area contributed by atoms with E-state index in [1.54, 1.807) is 7.11 Å². The molecule has 2 aliphatic heterocycles. The van der Waals surface area contributed by atoms with E-state index in [9.17, 15) is 4.79 Å². The smallest absolute Gasteiger partial charge is 0.407 e. The Kier molecular flexibility index (Phi) is 4.55. The van der Waals surface area contributed by atoms with Crippen LogP contribution in [0.2, 0.25) is 0 Å². The fraction of sp³-hybridized carbons (Fsp3) is 0.474. The first-order valence-electron chi connectivity index (χ1n) is 9.03. The largest absolute Gasteiger partial charge is 0.497 e. The van der Waals surface area contributed by atoms with Gasteiger partial charge in [0, 0.05) is 31.0 Å². The monoisotopic (exact) mass is 356 g/mol. The van der Waals surface area contributed by atoms with Crippen LogP contribution in [-0.4, -0.2) is 52.9 Å². The summed E-state index contributed by atoms with van der Waals surface area (Å²) in [6.07, 6.45) is 6.32. The molecule has 2 fully saturated rings. The number of likely N-dealkylation sites (tertiary alicyclic amines) is 1. The zero-order valence-corrected chi connectivity index (χ0v) is 15.0. The number of benzene rings is 1. The van der Waals surface area contributed by atoms with Gasteiger partial charge in [0.1, 0.15) is 17.2 Å². The number of nitrogens with one attached hydrogen (secondary N) is 1. The maximum absolute atomic E-state index is 11.4. The Balaban J connectivity index is 1.45. The molecule has 2 aromatic rings. The van der Waals surface area contributed by atoms with Crippen molar-refractivity contribution in [2.45, 2.75) is 31.4 Å². The summed E-state index contributed by atoms with van der Waals surface area (Å²) in [5, 5.41) is 2.80. The SMILES string of the molecule is COc1ccc(-n2ccnc2CN2CCCC3(CC2)CNC(=O)O3)cc1. The van der Waals surface area contributed by atoms with Crippen LogP contribution in [0.15, 0.2) is 36.7 Å². The summed E-state index contributed by atoms with van der Waals surface area (Å²) in [5.41, 5.74) is 0.746. The molecular formula is C19H24N4O3. The molecule has 138 valence electrons. The highest BCUT2D eigenvalue weighted by molar-refractivity contribution is 5.70. The molecule has 1 N–H and O–H groups in total. The Morgan fingerprint density at radius 3 is 2.85 bits per heavy atom. The van der Waals surface area contributed by atoms with Gasteiger partial charge in [-0.2, -0.15) is 0 Å². The predicted octanol–water partition coefficient (Wildman–Crippen LogP) is 2.35. The third-order valence-corrected chi connectivity index (χ3v) is 5.29. The number of hydrogen-bond acceptors (Lipinski definition) is 5. The molecule has 26 heavy (non-hydrogen) atoms. The van der Waals surface area contributed by atoms with Crippen LogP contribution in [0.4, 0.5) is 4.79 Å². The van der Waals surface area contributed by atoms with Crippen LogP contribution >= 0.6 is 0 Å². The molecule has 3 heterocycles. The molecule has 1 aromatic carbocycles. The number of ether oxygens (including phenoxy) is 2. The van der Waals surface area contributed by atoms with E-state index >= 15 is 0 Å². The van der Waals surface area contributed by atoms with Crippen LogP contribution in [0.3, 0.4) is 0 Å². The van der Waals surface area contributed by atoms with E-state index in [1.165, 1.54) is 0 Å². The third kappa shape index (κ3) is 3.39. The standard InChI is InChI=1S/C19H24N4O3/c1-25-16-5-3-15(4-6-16)23-12-9-20-17(23)13-22-10-2-7-19(8-11-22)14-21-18(24)26-19/h3-6,9,12H,2,7-8,10-11,13-14H2,1H3,(H,21,24). The van der Waals surface area contributed by atoms with E-state index in [1.807, 2.05) is 36.7 Å². The van der Waals surface area contributed by atoms with E-state index in [0.29, 0.717) is 6.54 Å². The number of hydrogen-bond donors (Lipinski definition) is 1. The molecule has 7 heteroatoms. The molecule has 1 spiro atoms. The third-order valence-electron chi connectivity index (χ3n) is 5.29. The van der Waals surface area contributed by atoms with Gasteiger partial charge in [0.2, 0.25) is 0 Å². The second kappa shape index (κ2) is 6.99. The van der Waals surface area contributed by atoms with Gasteiger partial charge in [-0.05, 0) is 43.7 Å². The van der Waals surface area contributed by atoms with Gasteiger partial charge in [-0.15, -0.1) is 0 Å². The minimum Gasteiger partial charge on any atom is -0.497 e. The van der Waals surface area contributed by atoms with Crippen molar-refractivity contribution >= 4 is 6.09 Å². The van der Waals surface area contributed by atoms with Crippen LogP contribution < -0.4 is 10.1 Å². The van der Waals surface area contributed by atoms with E-state index in [2.05, 4.69) is 19.8 Å². The van der Waals surface area contributed by atoms with E-state index in [0.717, 1.165) is 56.2 Å². The summed E-state index contributed by atoms with van der Waals surface area (Å²) < 4.78 is 12.9. The molecule has 1 unspecified atom stereocenters. The fourth-order valence-corrected chi connectivity index (χ4v) is 3.79. The molecule has 0 bridgehead atoms. The topological polar surface area (TPSA) is 68.6 Å². The lowest BCUT2D eigenvalue weighted by Crippen LogP contribution is -2.35. The van der Waals surface area contributed by atoms with Crippen molar-refractivity contribution in [3.8, 4) is 11.4 Å². The number of methoxy groups -OCH3 is 1. The number of nitrogens with zero attached hydrogens (tertiary/aromatic N) is 3. The van der Waals surface area contributed by atoms with Gasteiger partial charge in [0.25, 0.3) is 0 Å². The Bertz CT molecular complexity index is 773. The maximum Gasteiger partial charge on any atom is 0.407 e. The van der Waals surface area contributed by atoms with E-state index < -0.39 is 0 Å². The second-order valence-electron chi connectivity index (χ2n) is 6.97. The lowest BCUT2D eigenvalue weighted by Gasteiger charge is -2.25. The molecular weight excluding hydrogens is 332 g/mol. The number of carbonyl (C=O) groups is 1. The Morgan fingerprint density at radius 2 is 2.12 bits per heavy atom. The van der Waals surface area contributed by atoms with E-state index in [-0.39, 0.29) is 11.7 Å². The fourth-order valence-electron chi connectivity index (χ4n) is 3.79. The van der Waals surface area contributed by atoms with Gasteiger partial charge in [0.15, 0.2) is 0 Å². The summed E-state index contributed by atoms with van der Waals surface area (Å²) >= 11 is 0. The predicted molar refractivity (Wildman–Crippen MR) is 96.5 cm³/mol. The zero-order chi connectivity index (χ0) is 18.0. The molecule has 4 rings (SSSR count). The normalized spacial score (nSPS) is 23.5. The maximum atomic E-state index is 11.4. The molecule has 1 amide bonds. The zero-order valence-electron chi connectivity index (χ0n) is 15.0. The lowest BCUT2D eigenvalue weighted by molar-refractivity contribution is 0.0442. The average molecular weight is 356 g/mol. The van der Waals surface area contributed by atoms with Gasteiger partial charge in [0.05, 0.1) is 20.2 Å². The lowest BCUT2D eigenvalue weighted by atomic mass is 9.95. The number of aromatic nitrogens is 2. The van der Waals surface area contributed by atoms with Crippen molar-refractivity contribution in [2.24, 2.45) is 0 Å². The van der Waals surface area contributed by atoms with Crippen LogP contribution in [-0.2, 0) is 11.3 Å². The average Bonchev–Trinajstić information content (AvgIpc) is 3.21. The minimum atomic E-state index is -0.322.